The summed E-state index contributed by atoms with van der Waals surface area (Å²) in [5.74, 6) is -0.0656. The average molecular weight is 542 g/mol. The number of benzene rings is 1. The summed E-state index contributed by atoms with van der Waals surface area (Å²) in [5, 5.41) is 10.7. The van der Waals surface area contributed by atoms with Crippen LogP contribution in [0, 0.1) is 17.7 Å². The summed E-state index contributed by atoms with van der Waals surface area (Å²) in [6.45, 7) is 0. The lowest BCUT2D eigenvalue weighted by molar-refractivity contribution is -0.167. The van der Waals surface area contributed by atoms with E-state index in [0.717, 1.165) is 18.2 Å². The minimum Gasteiger partial charge on any atom is -0.316 e. The zero-order chi connectivity index (χ0) is 27.2. The van der Waals surface area contributed by atoms with Gasteiger partial charge in [-0.25, -0.2) is 18.2 Å². The molecule has 2 heterocycles. The summed E-state index contributed by atoms with van der Waals surface area (Å²) in [4.78, 5) is 27.9. The lowest BCUT2D eigenvalue weighted by Crippen LogP contribution is -2.30. The van der Waals surface area contributed by atoms with E-state index in [4.69, 9.17) is 11.6 Å². The summed E-state index contributed by atoms with van der Waals surface area (Å²) in [6, 6.07) is 8.11. The monoisotopic (exact) mass is 541 g/mol. The van der Waals surface area contributed by atoms with E-state index >= 15 is 0 Å². The minimum atomic E-state index is -5.17. The molecule has 14 heteroatoms. The van der Waals surface area contributed by atoms with E-state index in [0.29, 0.717) is 0 Å². The van der Waals surface area contributed by atoms with Crippen LogP contribution in [0.5, 0.6) is 0 Å². The number of amides is 2. The van der Waals surface area contributed by atoms with Crippen molar-refractivity contribution in [1.82, 2.24) is 15.2 Å². The Balaban J connectivity index is 1.82. The van der Waals surface area contributed by atoms with Crippen LogP contribution < -0.4 is 10.6 Å². The maximum atomic E-state index is 13.2. The van der Waals surface area contributed by atoms with Crippen molar-refractivity contribution in [2.45, 2.75) is 24.9 Å². The number of anilines is 2. The van der Waals surface area contributed by atoms with Crippen molar-refractivity contribution in [1.29, 1.82) is 0 Å². The standard InChI is InChI=1S/C23H14ClF6N5O2/c24-18-11-17(32-22(37)23(28,29)30)16(34-35-18)6-1-12-7-8-31-20(9-12)33-21(36)15(10-19(26)27)13-2-4-14(25)5-3-13/h2-5,7-9,11,15,19H,10H2,(H,31,33,36)(H,32,35,37). The molecule has 2 N–H and O–H groups in total. The van der Waals surface area contributed by atoms with E-state index in [1.165, 1.54) is 30.5 Å². The molecule has 37 heavy (non-hydrogen) atoms. The molecule has 0 spiro atoms. The number of nitrogens with zero attached hydrogens (tertiary/aromatic N) is 3. The van der Waals surface area contributed by atoms with Crippen molar-refractivity contribution in [3.05, 3.63) is 76.5 Å². The van der Waals surface area contributed by atoms with Crippen LogP contribution in [0.3, 0.4) is 0 Å². The fourth-order valence-electron chi connectivity index (χ4n) is 2.94. The van der Waals surface area contributed by atoms with Gasteiger partial charge in [-0.15, -0.1) is 10.2 Å². The minimum absolute atomic E-state index is 0.0639. The third-order valence-corrected chi connectivity index (χ3v) is 4.79. The van der Waals surface area contributed by atoms with E-state index in [-0.39, 0.29) is 27.8 Å². The van der Waals surface area contributed by atoms with Crippen molar-refractivity contribution in [2.75, 3.05) is 10.6 Å². The van der Waals surface area contributed by atoms with E-state index in [1.54, 1.807) is 5.32 Å². The molecule has 0 fully saturated rings. The van der Waals surface area contributed by atoms with E-state index in [9.17, 15) is 35.9 Å². The van der Waals surface area contributed by atoms with Gasteiger partial charge in [-0.2, -0.15) is 13.2 Å². The number of halogens is 7. The second kappa shape index (κ2) is 11.7. The lowest BCUT2D eigenvalue weighted by Gasteiger charge is -2.16. The highest BCUT2D eigenvalue weighted by Gasteiger charge is 2.39. The van der Waals surface area contributed by atoms with Gasteiger partial charge >= 0.3 is 12.1 Å². The number of aromatic nitrogens is 3. The van der Waals surface area contributed by atoms with E-state index in [1.807, 2.05) is 0 Å². The number of hydrogen-bond donors (Lipinski definition) is 2. The molecular weight excluding hydrogens is 528 g/mol. The first-order valence-electron chi connectivity index (χ1n) is 10.2. The van der Waals surface area contributed by atoms with Gasteiger partial charge < -0.3 is 10.6 Å². The van der Waals surface area contributed by atoms with Crippen LogP contribution in [-0.2, 0) is 9.59 Å². The Bertz CT molecular complexity index is 1360. The number of rotatable bonds is 6. The Morgan fingerprint density at radius 1 is 1.00 bits per heavy atom. The van der Waals surface area contributed by atoms with Gasteiger partial charge in [-0.1, -0.05) is 29.7 Å². The van der Waals surface area contributed by atoms with Crippen LogP contribution in [0.4, 0.5) is 37.8 Å². The number of carbonyl (C=O) groups is 2. The van der Waals surface area contributed by atoms with Crippen molar-refractivity contribution in [3.63, 3.8) is 0 Å². The Morgan fingerprint density at radius 3 is 2.35 bits per heavy atom. The second-order valence-corrected chi connectivity index (χ2v) is 7.67. The quantitative estimate of drug-likeness (QED) is 0.340. The van der Waals surface area contributed by atoms with Crippen LogP contribution in [0.25, 0.3) is 0 Å². The van der Waals surface area contributed by atoms with Gasteiger partial charge in [0.05, 0.1) is 11.6 Å². The SMILES string of the molecule is O=C(Nc1cc(C#Cc2nnc(Cl)cc2NC(=O)C(F)(F)F)ccn1)C(CC(F)F)c1ccc(F)cc1. The molecule has 192 valence electrons. The van der Waals surface area contributed by atoms with E-state index in [2.05, 4.69) is 32.3 Å². The van der Waals surface area contributed by atoms with Crippen LogP contribution in [0.1, 0.15) is 29.2 Å². The summed E-state index contributed by atoms with van der Waals surface area (Å²) in [7, 11) is 0. The van der Waals surface area contributed by atoms with Crippen LogP contribution in [0.2, 0.25) is 5.15 Å². The molecule has 1 unspecified atom stereocenters. The molecule has 7 nitrogen and oxygen atoms in total. The van der Waals surface area contributed by atoms with Gasteiger partial charge in [0, 0.05) is 24.2 Å². The summed E-state index contributed by atoms with van der Waals surface area (Å²) >= 11 is 5.64. The highest BCUT2D eigenvalue weighted by molar-refractivity contribution is 6.29. The Morgan fingerprint density at radius 2 is 1.70 bits per heavy atom. The second-order valence-electron chi connectivity index (χ2n) is 7.28. The van der Waals surface area contributed by atoms with Crippen molar-refractivity contribution in [2.24, 2.45) is 0 Å². The average Bonchev–Trinajstić information content (AvgIpc) is 2.82. The molecule has 0 radical (unpaired) electrons. The highest BCUT2D eigenvalue weighted by atomic mass is 35.5. The maximum Gasteiger partial charge on any atom is 0.471 e. The topological polar surface area (TPSA) is 96.9 Å². The molecule has 2 aromatic heterocycles. The number of alkyl halides is 5. The van der Waals surface area contributed by atoms with E-state index < -0.39 is 48.3 Å². The van der Waals surface area contributed by atoms with Crippen molar-refractivity contribution >= 4 is 34.9 Å². The molecule has 0 aliphatic heterocycles. The molecule has 1 aromatic carbocycles. The lowest BCUT2D eigenvalue weighted by atomic mass is 9.95. The predicted molar refractivity (Wildman–Crippen MR) is 120 cm³/mol. The number of hydrogen-bond acceptors (Lipinski definition) is 5. The molecule has 0 saturated carbocycles. The number of nitrogens with one attached hydrogen (secondary N) is 2. The Labute approximate surface area is 210 Å². The Kier molecular flexibility index (Phi) is 8.67. The summed E-state index contributed by atoms with van der Waals surface area (Å²) in [6.07, 6.45) is -7.58. The third kappa shape index (κ3) is 7.91. The van der Waals surface area contributed by atoms with Crippen LogP contribution in [0.15, 0.2) is 48.7 Å². The molecule has 2 amide bonds. The van der Waals surface area contributed by atoms with Crippen LogP contribution >= 0.6 is 11.6 Å². The van der Waals surface area contributed by atoms with Gasteiger partial charge in [-0.05, 0) is 35.7 Å². The number of pyridine rings is 1. The fraction of sp³-hybridized carbons (Fsp3) is 0.174. The molecule has 0 aliphatic carbocycles. The van der Waals surface area contributed by atoms with Gasteiger partial charge in [0.15, 0.2) is 10.8 Å². The van der Waals surface area contributed by atoms with Crippen LogP contribution in [-0.4, -0.2) is 39.6 Å². The van der Waals surface area contributed by atoms with Crippen molar-refractivity contribution in [3.8, 4) is 11.8 Å². The predicted octanol–water partition coefficient (Wildman–Crippen LogP) is 4.94. The molecular formula is C23H14ClF6N5O2. The highest BCUT2D eigenvalue weighted by Crippen LogP contribution is 2.26. The Hall–Kier alpha value is -4.18. The molecule has 0 aliphatic rings. The molecule has 1 atom stereocenters. The fourth-order valence-corrected chi connectivity index (χ4v) is 3.08. The van der Waals surface area contributed by atoms with Gasteiger partial charge in [-0.3, -0.25) is 9.59 Å². The zero-order valence-electron chi connectivity index (χ0n) is 18.3. The van der Waals surface area contributed by atoms with Gasteiger partial charge in [0.1, 0.15) is 11.6 Å². The maximum absolute atomic E-state index is 13.2. The smallest absolute Gasteiger partial charge is 0.316 e. The molecule has 3 aromatic rings. The molecule has 0 bridgehead atoms. The number of carbonyl (C=O) groups excluding carboxylic acids is 2. The normalized spacial score (nSPS) is 11.9. The van der Waals surface area contributed by atoms with Gasteiger partial charge in [0.2, 0.25) is 12.3 Å². The van der Waals surface area contributed by atoms with Gasteiger partial charge in [0.25, 0.3) is 0 Å². The zero-order valence-corrected chi connectivity index (χ0v) is 19.0. The molecule has 0 saturated heterocycles. The first-order valence-corrected chi connectivity index (χ1v) is 10.5. The summed E-state index contributed by atoms with van der Waals surface area (Å²) in [5.41, 5.74) is -0.406. The first kappa shape index (κ1) is 27.4. The third-order valence-electron chi connectivity index (χ3n) is 4.61. The largest absolute Gasteiger partial charge is 0.471 e. The summed E-state index contributed by atoms with van der Waals surface area (Å²) < 4.78 is 77.2. The molecule has 3 rings (SSSR count). The first-order chi connectivity index (χ1) is 17.4. The van der Waals surface area contributed by atoms with Crippen molar-refractivity contribution < 1.29 is 35.9 Å².